The van der Waals surface area contributed by atoms with Crippen LogP contribution in [0.5, 0.6) is 0 Å². The molecule has 6 heteroatoms. The van der Waals surface area contributed by atoms with Gasteiger partial charge in [0.25, 0.3) is 10.0 Å². The van der Waals surface area contributed by atoms with E-state index in [4.69, 9.17) is 0 Å². The maximum absolute atomic E-state index is 11.5. The Morgan fingerprint density at radius 1 is 1.22 bits per heavy atom. The van der Waals surface area contributed by atoms with Gasteiger partial charge in [0.05, 0.1) is 0 Å². The van der Waals surface area contributed by atoms with Crippen molar-refractivity contribution in [2.24, 2.45) is 5.92 Å². The molecule has 1 amide bonds. The molecule has 5 nitrogen and oxygen atoms in total. The molecule has 0 spiro atoms. The zero-order valence-electron chi connectivity index (χ0n) is 10.3. The summed E-state index contributed by atoms with van der Waals surface area (Å²) in [5.74, 6) is -0.669. The molecule has 0 saturated heterocycles. The standard InChI is InChI=1S/C12H16N2O3S/c1-10(2)12(15)13-14-18(16,17)9-8-11-6-4-3-5-7-11/h3-10,14H,1-2H3,(H,13,15). The highest BCUT2D eigenvalue weighted by Gasteiger charge is 2.10. The predicted molar refractivity (Wildman–Crippen MR) is 70.5 cm³/mol. The highest BCUT2D eigenvalue weighted by molar-refractivity contribution is 7.92. The predicted octanol–water partition coefficient (Wildman–Crippen LogP) is 1.26. The number of carbonyl (C=O) groups excluding carboxylic acids is 1. The van der Waals surface area contributed by atoms with E-state index in [9.17, 15) is 13.2 Å². The second kappa shape index (κ2) is 6.32. The number of hydrazine groups is 1. The molecule has 1 aromatic rings. The lowest BCUT2D eigenvalue weighted by Crippen LogP contribution is -2.42. The summed E-state index contributed by atoms with van der Waals surface area (Å²) in [6.07, 6.45) is 1.45. The molecule has 0 heterocycles. The van der Waals surface area contributed by atoms with Gasteiger partial charge in [-0.1, -0.05) is 44.2 Å². The van der Waals surface area contributed by atoms with Crippen molar-refractivity contribution in [1.29, 1.82) is 0 Å². The van der Waals surface area contributed by atoms with Gasteiger partial charge in [-0.05, 0) is 11.6 Å². The first-order valence-electron chi connectivity index (χ1n) is 5.45. The first kappa shape index (κ1) is 14.4. The Morgan fingerprint density at radius 3 is 2.39 bits per heavy atom. The van der Waals surface area contributed by atoms with Gasteiger partial charge in [-0.2, -0.15) is 0 Å². The Morgan fingerprint density at radius 2 is 1.83 bits per heavy atom. The first-order chi connectivity index (χ1) is 8.41. The topological polar surface area (TPSA) is 75.3 Å². The highest BCUT2D eigenvalue weighted by Crippen LogP contribution is 2.02. The summed E-state index contributed by atoms with van der Waals surface area (Å²) in [5, 5.41) is 1.00. The normalized spacial score (nSPS) is 11.9. The molecule has 0 aliphatic rings. The lowest BCUT2D eigenvalue weighted by atomic mass is 10.2. The van der Waals surface area contributed by atoms with Crippen LogP contribution < -0.4 is 10.3 Å². The third kappa shape index (κ3) is 5.11. The van der Waals surface area contributed by atoms with Crippen LogP contribution in [-0.2, 0) is 14.8 Å². The third-order valence-corrected chi connectivity index (χ3v) is 2.96. The van der Waals surface area contributed by atoms with Gasteiger partial charge in [0.15, 0.2) is 0 Å². The van der Waals surface area contributed by atoms with E-state index in [0.29, 0.717) is 0 Å². The number of benzene rings is 1. The molecule has 18 heavy (non-hydrogen) atoms. The van der Waals surface area contributed by atoms with Gasteiger partial charge < -0.3 is 0 Å². The summed E-state index contributed by atoms with van der Waals surface area (Å²) in [6.45, 7) is 3.34. The molecule has 0 aromatic heterocycles. The third-order valence-electron chi connectivity index (χ3n) is 2.08. The fourth-order valence-electron chi connectivity index (χ4n) is 1.03. The van der Waals surface area contributed by atoms with Crippen LogP contribution in [0.2, 0.25) is 0 Å². The molecule has 0 saturated carbocycles. The molecule has 1 aromatic carbocycles. The van der Waals surface area contributed by atoms with E-state index < -0.39 is 10.0 Å². The molecule has 0 aliphatic carbocycles. The van der Waals surface area contributed by atoms with E-state index >= 15 is 0 Å². The molecule has 0 aliphatic heterocycles. The zero-order valence-corrected chi connectivity index (χ0v) is 11.1. The summed E-state index contributed by atoms with van der Waals surface area (Å²) < 4.78 is 23.0. The second-order valence-electron chi connectivity index (χ2n) is 4.00. The molecule has 1 rings (SSSR count). The maximum atomic E-state index is 11.5. The van der Waals surface area contributed by atoms with Crippen LogP contribution in [-0.4, -0.2) is 14.3 Å². The summed E-state index contributed by atoms with van der Waals surface area (Å²) in [5.41, 5.74) is 2.89. The molecule has 0 unspecified atom stereocenters. The lowest BCUT2D eigenvalue weighted by molar-refractivity contribution is -0.124. The van der Waals surface area contributed by atoms with Crippen LogP contribution in [0.15, 0.2) is 35.7 Å². The van der Waals surface area contributed by atoms with Gasteiger partial charge in [0.2, 0.25) is 5.91 Å². The number of hydrogen-bond acceptors (Lipinski definition) is 3. The van der Waals surface area contributed by atoms with Gasteiger partial charge in [-0.3, -0.25) is 10.2 Å². The Labute approximate surface area is 107 Å². The van der Waals surface area contributed by atoms with Crippen molar-refractivity contribution in [2.45, 2.75) is 13.8 Å². The Bertz CT molecular complexity index is 522. The van der Waals surface area contributed by atoms with Crippen molar-refractivity contribution in [3.05, 3.63) is 41.3 Å². The van der Waals surface area contributed by atoms with Crippen LogP contribution in [0.3, 0.4) is 0 Å². The van der Waals surface area contributed by atoms with E-state index in [-0.39, 0.29) is 11.8 Å². The van der Waals surface area contributed by atoms with Crippen LogP contribution >= 0.6 is 0 Å². The van der Waals surface area contributed by atoms with Crippen molar-refractivity contribution in [3.8, 4) is 0 Å². The van der Waals surface area contributed by atoms with Gasteiger partial charge in [-0.25, -0.2) is 8.42 Å². The van der Waals surface area contributed by atoms with Gasteiger partial charge in [-0.15, -0.1) is 4.83 Å². The van der Waals surface area contributed by atoms with E-state index in [1.54, 1.807) is 38.1 Å². The number of amides is 1. The number of carbonyl (C=O) groups is 1. The van der Waals surface area contributed by atoms with Gasteiger partial charge in [0, 0.05) is 11.3 Å². The van der Waals surface area contributed by atoms with Crippen LogP contribution in [0.1, 0.15) is 19.4 Å². The Kier molecular flexibility index (Phi) is 5.06. The second-order valence-corrected chi connectivity index (χ2v) is 5.57. The fraction of sp³-hybridized carbons (Fsp3) is 0.250. The average Bonchev–Trinajstić information content (AvgIpc) is 2.35. The number of sulfonamides is 1. The van der Waals surface area contributed by atoms with Crippen LogP contribution in [0, 0.1) is 5.92 Å². The smallest absolute Gasteiger partial charge is 0.250 e. The van der Waals surface area contributed by atoms with Crippen LogP contribution in [0.4, 0.5) is 0 Å². The minimum atomic E-state index is -3.67. The van der Waals surface area contributed by atoms with Crippen molar-refractivity contribution in [3.63, 3.8) is 0 Å². The number of nitrogens with one attached hydrogen (secondary N) is 2. The van der Waals surface area contributed by atoms with Crippen molar-refractivity contribution < 1.29 is 13.2 Å². The van der Waals surface area contributed by atoms with Crippen LogP contribution in [0.25, 0.3) is 6.08 Å². The summed E-state index contributed by atoms with van der Waals surface area (Å²) in [4.78, 5) is 13.2. The van der Waals surface area contributed by atoms with E-state index in [1.807, 2.05) is 10.9 Å². The molecular formula is C12H16N2O3S. The molecule has 0 bridgehead atoms. The summed E-state index contributed by atoms with van der Waals surface area (Å²) in [7, 11) is -3.67. The fourth-order valence-corrected chi connectivity index (χ4v) is 1.68. The Hall–Kier alpha value is -1.66. The summed E-state index contributed by atoms with van der Waals surface area (Å²) >= 11 is 0. The minimum Gasteiger partial charge on any atom is -0.277 e. The van der Waals surface area contributed by atoms with E-state index in [0.717, 1.165) is 11.0 Å². The summed E-state index contributed by atoms with van der Waals surface area (Å²) in [6, 6.07) is 9.00. The minimum absolute atomic E-state index is 0.286. The maximum Gasteiger partial charge on any atom is 0.250 e. The molecular weight excluding hydrogens is 252 g/mol. The number of rotatable bonds is 5. The number of hydrogen-bond donors (Lipinski definition) is 2. The van der Waals surface area contributed by atoms with Crippen molar-refractivity contribution in [1.82, 2.24) is 10.3 Å². The average molecular weight is 268 g/mol. The zero-order chi connectivity index (χ0) is 13.6. The quantitative estimate of drug-likeness (QED) is 0.789. The molecule has 0 fully saturated rings. The highest BCUT2D eigenvalue weighted by atomic mass is 32.2. The van der Waals surface area contributed by atoms with E-state index in [1.165, 1.54) is 6.08 Å². The first-order valence-corrected chi connectivity index (χ1v) is 7.00. The van der Waals surface area contributed by atoms with Crippen molar-refractivity contribution in [2.75, 3.05) is 0 Å². The Balaban J connectivity index is 2.60. The molecule has 0 radical (unpaired) electrons. The molecule has 0 atom stereocenters. The van der Waals surface area contributed by atoms with Crippen molar-refractivity contribution >= 4 is 22.0 Å². The SMILES string of the molecule is CC(C)C(=O)NNS(=O)(=O)C=Cc1ccccc1. The monoisotopic (exact) mass is 268 g/mol. The van der Waals surface area contributed by atoms with E-state index in [2.05, 4.69) is 5.43 Å². The molecule has 98 valence electrons. The van der Waals surface area contributed by atoms with Gasteiger partial charge in [0.1, 0.15) is 0 Å². The van der Waals surface area contributed by atoms with Gasteiger partial charge >= 0.3 is 0 Å². The largest absolute Gasteiger partial charge is 0.277 e. The lowest BCUT2D eigenvalue weighted by Gasteiger charge is -2.07. The molecule has 2 N–H and O–H groups in total.